The fourth-order valence-electron chi connectivity index (χ4n) is 2.25. The SMILES string of the molecule is Cc1cc(CC(C)CN)c2nc(C)cc(Cl)c2c1. The number of benzene rings is 1. The summed E-state index contributed by atoms with van der Waals surface area (Å²) in [5.41, 5.74) is 10.2. The summed E-state index contributed by atoms with van der Waals surface area (Å²) in [5, 5.41) is 1.82. The van der Waals surface area contributed by atoms with Gasteiger partial charge in [-0.3, -0.25) is 4.98 Å². The summed E-state index contributed by atoms with van der Waals surface area (Å²) in [6.45, 7) is 6.91. The maximum atomic E-state index is 6.31. The van der Waals surface area contributed by atoms with Crippen LogP contribution in [0.1, 0.15) is 23.7 Å². The third-order valence-corrected chi connectivity index (χ3v) is 3.50. The number of halogens is 1. The first-order valence-electron chi connectivity index (χ1n) is 6.27. The number of fused-ring (bicyclic) bond motifs is 1. The number of aromatic nitrogens is 1. The first-order chi connectivity index (χ1) is 8.51. The third-order valence-electron chi connectivity index (χ3n) is 3.19. The van der Waals surface area contributed by atoms with Gasteiger partial charge in [-0.15, -0.1) is 0 Å². The summed E-state index contributed by atoms with van der Waals surface area (Å²) in [6.07, 6.45) is 0.946. The van der Waals surface area contributed by atoms with Crippen molar-refractivity contribution in [3.63, 3.8) is 0 Å². The lowest BCUT2D eigenvalue weighted by atomic mass is 9.96. The van der Waals surface area contributed by atoms with E-state index in [2.05, 4.69) is 31.0 Å². The maximum absolute atomic E-state index is 6.31. The van der Waals surface area contributed by atoms with Gasteiger partial charge >= 0.3 is 0 Å². The van der Waals surface area contributed by atoms with Crippen LogP contribution in [0.25, 0.3) is 10.9 Å². The maximum Gasteiger partial charge on any atom is 0.0752 e. The van der Waals surface area contributed by atoms with Gasteiger partial charge in [-0.25, -0.2) is 0 Å². The predicted octanol–water partition coefficient (Wildman–Crippen LogP) is 3.64. The van der Waals surface area contributed by atoms with E-state index in [0.29, 0.717) is 12.5 Å². The van der Waals surface area contributed by atoms with Gasteiger partial charge in [0.1, 0.15) is 0 Å². The minimum absolute atomic E-state index is 0.455. The van der Waals surface area contributed by atoms with Crippen LogP contribution < -0.4 is 5.73 Å². The van der Waals surface area contributed by atoms with E-state index in [1.165, 1.54) is 11.1 Å². The van der Waals surface area contributed by atoms with E-state index in [9.17, 15) is 0 Å². The molecule has 1 aromatic carbocycles. The predicted molar refractivity (Wildman–Crippen MR) is 78.1 cm³/mol. The molecule has 0 saturated heterocycles. The monoisotopic (exact) mass is 262 g/mol. The highest BCUT2D eigenvalue weighted by atomic mass is 35.5. The van der Waals surface area contributed by atoms with Crippen LogP contribution in [0.3, 0.4) is 0 Å². The van der Waals surface area contributed by atoms with Crippen molar-refractivity contribution in [1.82, 2.24) is 4.98 Å². The van der Waals surface area contributed by atoms with E-state index in [1.54, 1.807) is 0 Å². The Balaban J connectivity index is 2.64. The lowest BCUT2D eigenvalue weighted by Gasteiger charge is -2.13. The van der Waals surface area contributed by atoms with Crippen LogP contribution in [-0.4, -0.2) is 11.5 Å². The Morgan fingerprint density at radius 3 is 2.67 bits per heavy atom. The van der Waals surface area contributed by atoms with Crippen molar-refractivity contribution in [3.8, 4) is 0 Å². The summed E-state index contributed by atoms with van der Waals surface area (Å²) in [5.74, 6) is 0.455. The van der Waals surface area contributed by atoms with Gasteiger partial charge in [0.2, 0.25) is 0 Å². The van der Waals surface area contributed by atoms with Crippen LogP contribution in [0.4, 0.5) is 0 Å². The van der Waals surface area contributed by atoms with E-state index in [1.807, 2.05) is 13.0 Å². The molecule has 0 bridgehead atoms. The molecule has 0 amide bonds. The molecule has 0 fully saturated rings. The summed E-state index contributed by atoms with van der Waals surface area (Å²) in [7, 11) is 0. The molecule has 1 unspecified atom stereocenters. The van der Waals surface area contributed by atoms with Gasteiger partial charge in [0, 0.05) is 11.1 Å². The zero-order valence-electron chi connectivity index (χ0n) is 11.1. The molecule has 1 atom stereocenters. The van der Waals surface area contributed by atoms with Crippen LogP contribution in [0.15, 0.2) is 18.2 Å². The van der Waals surface area contributed by atoms with Gasteiger partial charge in [0.15, 0.2) is 0 Å². The Kier molecular flexibility index (Phi) is 3.88. The Hall–Kier alpha value is -1.12. The van der Waals surface area contributed by atoms with Crippen molar-refractivity contribution in [1.29, 1.82) is 0 Å². The average molecular weight is 263 g/mol. The lowest BCUT2D eigenvalue weighted by molar-refractivity contribution is 0.594. The van der Waals surface area contributed by atoms with Gasteiger partial charge in [-0.2, -0.15) is 0 Å². The molecule has 2 aromatic rings. The Morgan fingerprint density at radius 1 is 1.28 bits per heavy atom. The molecule has 1 heterocycles. The molecule has 0 saturated carbocycles. The van der Waals surface area contributed by atoms with E-state index in [4.69, 9.17) is 17.3 Å². The Bertz CT molecular complexity index is 578. The minimum Gasteiger partial charge on any atom is -0.330 e. The molecule has 2 N–H and O–H groups in total. The van der Waals surface area contributed by atoms with Crippen LogP contribution in [0.5, 0.6) is 0 Å². The van der Waals surface area contributed by atoms with Crippen LogP contribution in [-0.2, 0) is 6.42 Å². The highest BCUT2D eigenvalue weighted by Crippen LogP contribution is 2.28. The molecule has 2 rings (SSSR count). The fourth-order valence-corrected chi connectivity index (χ4v) is 2.55. The fraction of sp³-hybridized carbons (Fsp3) is 0.400. The van der Waals surface area contributed by atoms with Crippen LogP contribution >= 0.6 is 11.6 Å². The second-order valence-electron chi connectivity index (χ2n) is 5.11. The number of pyridine rings is 1. The first-order valence-corrected chi connectivity index (χ1v) is 6.65. The van der Waals surface area contributed by atoms with E-state index in [-0.39, 0.29) is 0 Å². The summed E-state index contributed by atoms with van der Waals surface area (Å²) in [4.78, 5) is 4.64. The van der Waals surface area contributed by atoms with E-state index in [0.717, 1.165) is 28.0 Å². The van der Waals surface area contributed by atoms with Crippen molar-refractivity contribution in [2.75, 3.05) is 6.54 Å². The zero-order chi connectivity index (χ0) is 13.3. The van der Waals surface area contributed by atoms with Crippen molar-refractivity contribution in [3.05, 3.63) is 40.0 Å². The summed E-state index contributed by atoms with van der Waals surface area (Å²) >= 11 is 6.31. The average Bonchev–Trinajstić information content (AvgIpc) is 2.30. The standard InChI is InChI=1S/C15H19ClN2/c1-9-4-12(5-10(2)8-17)15-13(6-9)14(16)7-11(3)18-15/h4,6-7,10H,5,8,17H2,1-3H3. The molecule has 18 heavy (non-hydrogen) atoms. The second-order valence-corrected chi connectivity index (χ2v) is 5.52. The Labute approximate surface area is 113 Å². The summed E-state index contributed by atoms with van der Waals surface area (Å²) < 4.78 is 0. The topological polar surface area (TPSA) is 38.9 Å². The van der Waals surface area contributed by atoms with Gasteiger partial charge in [-0.05, 0) is 50.4 Å². The number of nitrogens with two attached hydrogens (primary N) is 1. The van der Waals surface area contributed by atoms with Crippen molar-refractivity contribution in [2.24, 2.45) is 11.7 Å². The molecule has 1 aromatic heterocycles. The lowest BCUT2D eigenvalue weighted by Crippen LogP contribution is -2.13. The quantitative estimate of drug-likeness (QED) is 0.917. The summed E-state index contributed by atoms with van der Waals surface area (Å²) in [6, 6.07) is 6.21. The molecular formula is C15H19ClN2. The van der Waals surface area contributed by atoms with Gasteiger partial charge in [0.25, 0.3) is 0 Å². The molecule has 96 valence electrons. The number of hydrogen-bond donors (Lipinski definition) is 1. The number of aryl methyl sites for hydroxylation is 2. The van der Waals surface area contributed by atoms with Gasteiger partial charge in [0.05, 0.1) is 10.5 Å². The van der Waals surface area contributed by atoms with Crippen molar-refractivity contribution in [2.45, 2.75) is 27.2 Å². The molecular weight excluding hydrogens is 244 g/mol. The molecule has 0 radical (unpaired) electrons. The van der Waals surface area contributed by atoms with E-state index >= 15 is 0 Å². The first kappa shape index (κ1) is 13.3. The molecule has 0 spiro atoms. The molecule has 0 aliphatic rings. The molecule has 0 aliphatic carbocycles. The third kappa shape index (κ3) is 2.65. The highest BCUT2D eigenvalue weighted by molar-refractivity contribution is 6.35. The molecule has 2 nitrogen and oxygen atoms in total. The van der Waals surface area contributed by atoms with Crippen LogP contribution in [0.2, 0.25) is 5.02 Å². The zero-order valence-corrected chi connectivity index (χ0v) is 11.9. The largest absolute Gasteiger partial charge is 0.330 e. The van der Waals surface area contributed by atoms with Crippen molar-refractivity contribution < 1.29 is 0 Å². The number of rotatable bonds is 3. The van der Waals surface area contributed by atoms with E-state index < -0.39 is 0 Å². The smallest absolute Gasteiger partial charge is 0.0752 e. The van der Waals surface area contributed by atoms with Gasteiger partial charge < -0.3 is 5.73 Å². The Morgan fingerprint density at radius 2 is 2.00 bits per heavy atom. The second kappa shape index (κ2) is 5.25. The molecule has 3 heteroatoms. The van der Waals surface area contributed by atoms with Crippen molar-refractivity contribution >= 4 is 22.5 Å². The van der Waals surface area contributed by atoms with Crippen LogP contribution in [0, 0.1) is 19.8 Å². The number of hydrogen-bond acceptors (Lipinski definition) is 2. The molecule has 0 aliphatic heterocycles. The van der Waals surface area contributed by atoms with Gasteiger partial charge in [-0.1, -0.05) is 30.2 Å². The minimum atomic E-state index is 0.455. The highest BCUT2D eigenvalue weighted by Gasteiger charge is 2.10. The number of nitrogens with zero attached hydrogens (tertiary/aromatic N) is 1. The normalized spacial score (nSPS) is 12.9.